The third kappa shape index (κ3) is 3.10. The predicted octanol–water partition coefficient (Wildman–Crippen LogP) is 6.00. The summed E-state index contributed by atoms with van der Waals surface area (Å²) in [6.45, 7) is 2.63. The molecule has 0 aliphatic carbocycles. The molecule has 0 bridgehead atoms. The van der Waals surface area contributed by atoms with E-state index in [2.05, 4.69) is 31.9 Å². The van der Waals surface area contributed by atoms with Crippen molar-refractivity contribution in [2.75, 3.05) is 6.61 Å². The molecule has 0 fully saturated rings. The molecule has 1 unspecified atom stereocenters. The van der Waals surface area contributed by atoms with Gasteiger partial charge < -0.3 is 4.74 Å². The molecule has 0 radical (unpaired) electrons. The monoisotopic (exact) mass is 408 g/mol. The maximum absolute atomic E-state index is 6.52. The zero-order valence-electron chi connectivity index (χ0n) is 9.62. The molecule has 0 N–H and O–H groups in total. The largest absolute Gasteiger partial charge is 0.494 e. The predicted molar refractivity (Wildman–Crippen MR) is 85.0 cm³/mol. The fraction of sp³-hybridized carbons (Fsp3) is 0.231. The maximum atomic E-state index is 6.52. The number of ether oxygens (including phenoxy) is 1. The molecule has 18 heavy (non-hydrogen) atoms. The van der Waals surface area contributed by atoms with Crippen molar-refractivity contribution in [3.8, 4) is 5.75 Å². The van der Waals surface area contributed by atoms with Crippen LogP contribution in [0.25, 0.3) is 0 Å². The van der Waals surface area contributed by atoms with Crippen molar-refractivity contribution in [1.82, 2.24) is 0 Å². The highest BCUT2D eigenvalue weighted by Gasteiger charge is 2.18. The molecule has 1 aromatic heterocycles. The molecular weight excluding hydrogens is 399 g/mol. The van der Waals surface area contributed by atoms with Crippen molar-refractivity contribution in [3.63, 3.8) is 0 Å². The lowest BCUT2D eigenvalue weighted by atomic mass is 10.1. The summed E-state index contributed by atoms with van der Waals surface area (Å²) < 4.78 is 7.47. The lowest BCUT2D eigenvalue weighted by molar-refractivity contribution is 0.340. The van der Waals surface area contributed by atoms with Gasteiger partial charge in [0.2, 0.25) is 0 Å². The molecule has 1 nitrogen and oxygen atoms in total. The molecular formula is C13H11Br2ClOS. The van der Waals surface area contributed by atoms with E-state index in [1.807, 2.05) is 36.6 Å². The third-order valence-electron chi connectivity index (χ3n) is 2.43. The molecule has 0 saturated heterocycles. The highest BCUT2D eigenvalue weighted by molar-refractivity contribution is 9.10. The molecule has 96 valence electrons. The normalized spacial score (nSPS) is 12.4. The van der Waals surface area contributed by atoms with E-state index in [1.54, 1.807) is 11.3 Å². The van der Waals surface area contributed by atoms with Crippen molar-refractivity contribution in [2.24, 2.45) is 0 Å². The number of halogens is 3. The lowest BCUT2D eigenvalue weighted by Gasteiger charge is -2.12. The zero-order chi connectivity index (χ0) is 13.1. The van der Waals surface area contributed by atoms with E-state index < -0.39 is 0 Å². The standard InChI is InChI=1S/C13H11Br2ClOS/c1-2-17-8-3-4-9(11(15)7-8)12(16)13-10(14)5-6-18-13/h3-7,12H,2H2,1H3. The molecule has 2 rings (SSSR count). The van der Waals surface area contributed by atoms with Gasteiger partial charge in [0.15, 0.2) is 0 Å². The number of thiophene rings is 1. The van der Waals surface area contributed by atoms with Crippen molar-refractivity contribution in [1.29, 1.82) is 0 Å². The van der Waals surface area contributed by atoms with Crippen molar-refractivity contribution in [3.05, 3.63) is 49.0 Å². The van der Waals surface area contributed by atoms with E-state index >= 15 is 0 Å². The Morgan fingerprint density at radius 2 is 2.06 bits per heavy atom. The topological polar surface area (TPSA) is 9.23 Å². The lowest BCUT2D eigenvalue weighted by Crippen LogP contribution is -1.95. The van der Waals surface area contributed by atoms with Gasteiger partial charge in [-0.2, -0.15) is 0 Å². The van der Waals surface area contributed by atoms with Crippen LogP contribution in [0.4, 0.5) is 0 Å². The summed E-state index contributed by atoms with van der Waals surface area (Å²) in [7, 11) is 0. The Kier molecular flexibility index (Phi) is 5.13. The Bertz CT molecular complexity index is 542. The molecule has 0 aliphatic heterocycles. The van der Waals surface area contributed by atoms with Gasteiger partial charge in [0.05, 0.1) is 12.0 Å². The number of hydrogen-bond acceptors (Lipinski definition) is 2. The van der Waals surface area contributed by atoms with Gasteiger partial charge in [0.25, 0.3) is 0 Å². The van der Waals surface area contributed by atoms with Crippen LogP contribution in [-0.2, 0) is 0 Å². The highest BCUT2D eigenvalue weighted by atomic mass is 79.9. The van der Waals surface area contributed by atoms with Gasteiger partial charge in [-0.05, 0) is 52.0 Å². The first-order chi connectivity index (χ1) is 8.63. The molecule has 0 saturated carbocycles. The highest BCUT2D eigenvalue weighted by Crippen LogP contribution is 2.41. The molecule has 2 aromatic rings. The number of rotatable bonds is 4. The molecule has 5 heteroatoms. The summed E-state index contributed by atoms with van der Waals surface area (Å²) in [4.78, 5) is 1.11. The summed E-state index contributed by atoms with van der Waals surface area (Å²) in [6, 6.07) is 7.91. The van der Waals surface area contributed by atoms with Crippen LogP contribution in [0.5, 0.6) is 5.75 Å². The molecule has 0 aliphatic rings. The zero-order valence-corrected chi connectivity index (χ0v) is 14.4. The van der Waals surface area contributed by atoms with Gasteiger partial charge in [-0.15, -0.1) is 22.9 Å². The third-order valence-corrected chi connectivity index (χ3v) is 5.64. The minimum atomic E-state index is -0.163. The van der Waals surface area contributed by atoms with E-state index in [4.69, 9.17) is 16.3 Å². The van der Waals surface area contributed by atoms with Gasteiger partial charge in [-0.1, -0.05) is 22.0 Å². The second kappa shape index (κ2) is 6.42. The molecule has 1 heterocycles. The van der Waals surface area contributed by atoms with Crippen LogP contribution in [0.3, 0.4) is 0 Å². The van der Waals surface area contributed by atoms with Crippen LogP contribution in [0.1, 0.15) is 22.7 Å². The first kappa shape index (κ1) is 14.4. The Morgan fingerprint density at radius 1 is 1.28 bits per heavy atom. The second-order valence-electron chi connectivity index (χ2n) is 3.61. The Balaban J connectivity index is 2.31. The number of alkyl halides is 1. The van der Waals surface area contributed by atoms with Crippen LogP contribution in [0, 0.1) is 0 Å². The fourth-order valence-corrected chi connectivity index (χ4v) is 4.50. The van der Waals surface area contributed by atoms with Gasteiger partial charge in [-0.3, -0.25) is 0 Å². The van der Waals surface area contributed by atoms with Crippen LogP contribution in [-0.4, -0.2) is 6.61 Å². The van der Waals surface area contributed by atoms with E-state index in [-0.39, 0.29) is 5.38 Å². The second-order valence-corrected chi connectivity index (χ2v) is 6.70. The Hall–Kier alpha value is -0.0300. The first-order valence-electron chi connectivity index (χ1n) is 5.42. The van der Waals surface area contributed by atoms with Crippen molar-refractivity contribution < 1.29 is 4.74 Å². The average Bonchev–Trinajstić information content (AvgIpc) is 2.75. The number of benzene rings is 1. The summed E-state index contributed by atoms with van der Waals surface area (Å²) >= 11 is 15.2. The van der Waals surface area contributed by atoms with Crippen LogP contribution in [0.2, 0.25) is 0 Å². The van der Waals surface area contributed by atoms with Gasteiger partial charge >= 0.3 is 0 Å². The van der Waals surface area contributed by atoms with Crippen molar-refractivity contribution >= 4 is 54.8 Å². The minimum absolute atomic E-state index is 0.163. The summed E-state index contributed by atoms with van der Waals surface area (Å²) in [5.74, 6) is 0.849. The summed E-state index contributed by atoms with van der Waals surface area (Å²) in [5.41, 5.74) is 1.04. The first-order valence-corrected chi connectivity index (χ1v) is 8.33. The van der Waals surface area contributed by atoms with Crippen molar-refractivity contribution in [2.45, 2.75) is 12.3 Å². The van der Waals surface area contributed by atoms with E-state index in [0.717, 1.165) is 25.1 Å². The molecule has 1 aromatic carbocycles. The summed E-state index contributed by atoms with van der Waals surface area (Å²) in [6.07, 6.45) is 0. The minimum Gasteiger partial charge on any atom is -0.494 e. The molecule has 0 spiro atoms. The van der Waals surface area contributed by atoms with E-state index in [0.29, 0.717) is 6.61 Å². The van der Waals surface area contributed by atoms with Gasteiger partial charge in [0.1, 0.15) is 5.75 Å². The average molecular weight is 411 g/mol. The Morgan fingerprint density at radius 3 is 2.61 bits per heavy atom. The van der Waals surface area contributed by atoms with Crippen LogP contribution in [0.15, 0.2) is 38.6 Å². The van der Waals surface area contributed by atoms with Crippen LogP contribution < -0.4 is 4.74 Å². The fourth-order valence-electron chi connectivity index (χ4n) is 1.60. The molecule has 0 amide bonds. The van der Waals surface area contributed by atoms with Crippen LogP contribution >= 0.6 is 54.8 Å². The quantitative estimate of drug-likeness (QED) is 0.562. The molecule has 1 atom stereocenters. The van der Waals surface area contributed by atoms with Gasteiger partial charge in [-0.25, -0.2) is 0 Å². The summed E-state index contributed by atoms with van der Waals surface area (Å²) in [5, 5.41) is 1.86. The maximum Gasteiger partial charge on any atom is 0.120 e. The van der Waals surface area contributed by atoms with E-state index in [9.17, 15) is 0 Å². The van der Waals surface area contributed by atoms with E-state index in [1.165, 1.54) is 0 Å². The number of hydrogen-bond donors (Lipinski definition) is 0. The smallest absolute Gasteiger partial charge is 0.120 e. The van der Waals surface area contributed by atoms with Gasteiger partial charge in [0, 0.05) is 13.8 Å². The SMILES string of the molecule is CCOc1ccc(C(Cl)c2sccc2Br)c(Br)c1. The Labute approximate surface area is 132 Å².